The first-order valence-electron chi connectivity index (χ1n) is 10.6. The highest BCUT2D eigenvalue weighted by molar-refractivity contribution is 6.52. The van der Waals surface area contributed by atoms with Crippen molar-refractivity contribution < 1.29 is 19.4 Å². The molecule has 0 spiro atoms. The molecule has 0 radical (unpaired) electrons. The van der Waals surface area contributed by atoms with Gasteiger partial charge in [0.15, 0.2) is 0 Å². The molecule has 4 rings (SSSR count). The van der Waals surface area contributed by atoms with Gasteiger partial charge >= 0.3 is 0 Å². The number of benzene rings is 3. The van der Waals surface area contributed by atoms with E-state index in [4.69, 9.17) is 27.9 Å². The van der Waals surface area contributed by atoms with Gasteiger partial charge in [-0.05, 0) is 73.4 Å². The van der Waals surface area contributed by atoms with Crippen LogP contribution in [0.2, 0.25) is 10.0 Å². The fourth-order valence-corrected chi connectivity index (χ4v) is 4.62. The molecule has 0 aromatic heterocycles. The molecule has 7 heteroatoms. The van der Waals surface area contributed by atoms with Crippen LogP contribution in [-0.4, -0.2) is 23.9 Å². The Morgan fingerprint density at radius 1 is 0.912 bits per heavy atom. The third-order valence-corrected chi connectivity index (χ3v) is 6.84. The van der Waals surface area contributed by atoms with Crippen molar-refractivity contribution in [3.8, 4) is 5.75 Å². The Hall–Kier alpha value is -3.28. The van der Waals surface area contributed by atoms with Gasteiger partial charge in [0.2, 0.25) is 0 Å². The van der Waals surface area contributed by atoms with E-state index >= 15 is 0 Å². The number of ketones is 1. The SMILES string of the molecule is COc1cc(C)c(/C(O)=C2\C(=O)C(=O)N(c3ccc(Cl)c(Cl)c3)C2c2ccccc2C)cc1C. The number of rotatable bonds is 4. The molecule has 174 valence electrons. The molecule has 34 heavy (non-hydrogen) atoms. The number of anilines is 1. The molecule has 1 aliphatic rings. The molecule has 1 N–H and O–H groups in total. The molecular weight excluding hydrogens is 473 g/mol. The maximum atomic E-state index is 13.4. The van der Waals surface area contributed by atoms with Gasteiger partial charge in [0, 0.05) is 11.3 Å². The number of aliphatic hydroxyl groups is 1. The number of halogens is 2. The number of aryl methyl sites for hydroxylation is 3. The van der Waals surface area contributed by atoms with E-state index in [1.807, 2.05) is 45.0 Å². The quantitative estimate of drug-likeness (QED) is 0.253. The zero-order valence-corrected chi connectivity index (χ0v) is 20.7. The van der Waals surface area contributed by atoms with Gasteiger partial charge in [0.1, 0.15) is 11.5 Å². The van der Waals surface area contributed by atoms with Crippen LogP contribution in [0.5, 0.6) is 5.75 Å². The highest BCUT2D eigenvalue weighted by atomic mass is 35.5. The van der Waals surface area contributed by atoms with E-state index in [1.165, 1.54) is 4.90 Å². The molecule has 1 heterocycles. The number of hydrogen-bond acceptors (Lipinski definition) is 4. The van der Waals surface area contributed by atoms with Crippen LogP contribution < -0.4 is 9.64 Å². The van der Waals surface area contributed by atoms with Gasteiger partial charge in [-0.1, -0.05) is 47.5 Å². The largest absolute Gasteiger partial charge is 0.507 e. The lowest BCUT2D eigenvalue weighted by molar-refractivity contribution is -0.132. The second-order valence-electron chi connectivity index (χ2n) is 8.26. The zero-order valence-electron chi connectivity index (χ0n) is 19.1. The van der Waals surface area contributed by atoms with Crippen molar-refractivity contribution in [2.75, 3.05) is 12.0 Å². The minimum Gasteiger partial charge on any atom is -0.507 e. The number of Topliss-reactive ketones (excluding diaryl/α,β-unsaturated/α-hetero) is 1. The second-order valence-corrected chi connectivity index (χ2v) is 9.08. The van der Waals surface area contributed by atoms with Gasteiger partial charge in [-0.25, -0.2) is 0 Å². The highest BCUT2D eigenvalue weighted by Crippen LogP contribution is 2.44. The Kier molecular flexibility index (Phi) is 6.43. The molecule has 1 amide bonds. The molecule has 0 aliphatic carbocycles. The van der Waals surface area contributed by atoms with E-state index in [0.717, 1.165) is 16.7 Å². The lowest BCUT2D eigenvalue weighted by Crippen LogP contribution is -2.29. The number of carbonyl (C=O) groups is 2. The Balaban J connectivity index is 2.00. The topological polar surface area (TPSA) is 66.8 Å². The number of amides is 1. The van der Waals surface area contributed by atoms with Crippen LogP contribution in [0.4, 0.5) is 5.69 Å². The lowest BCUT2D eigenvalue weighted by Gasteiger charge is -2.27. The number of ether oxygens (including phenoxy) is 1. The third-order valence-electron chi connectivity index (χ3n) is 6.11. The number of nitrogens with zero attached hydrogens (tertiary/aromatic N) is 1. The molecule has 3 aromatic carbocycles. The van der Waals surface area contributed by atoms with Crippen molar-refractivity contribution in [1.82, 2.24) is 0 Å². The van der Waals surface area contributed by atoms with Crippen molar-refractivity contribution in [2.24, 2.45) is 0 Å². The number of methoxy groups -OCH3 is 1. The first kappa shape index (κ1) is 23.9. The average Bonchev–Trinajstić information content (AvgIpc) is 3.07. The second kappa shape index (κ2) is 9.16. The van der Waals surface area contributed by atoms with Gasteiger partial charge < -0.3 is 9.84 Å². The molecule has 1 fully saturated rings. The highest BCUT2D eigenvalue weighted by Gasteiger charge is 2.47. The number of carbonyl (C=O) groups excluding carboxylic acids is 2. The number of hydrogen-bond donors (Lipinski definition) is 1. The van der Waals surface area contributed by atoms with Crippen molar-refractivity contribution in [3.05, 3.63) is 98.0 Å². The van der Waals surface area contributed by atoms with Gasteiger partial charge in [-0.3, -0.25) is 14.5 Å². The Labute approximate surface area is 208 Å². The normalized spacial score (nSPS) is 17.4. The summed E-state index contributed by atoms with van der Waals surface area (Å²) in [5.41, 5.74) is 3.98. The third kappa shape index (κ3) is 3.95. The molecule has 0 saturated carbocycles. The molecule has 1 saturated heterocycles. The van der Waals surface area contributed by atoms with Gasteiger partial charge in [0.25, 0.3) is 11.7 Å². The summed E-state index contributed by atoms with van der Waals surface area (Å²) in [6.45, 7) is 5.56. The summed E-state index contributed by atoms with van der Waals surface area (Å²) in [6, 6.07) is 14.9. The van der Waals surface area contributed by atoms with E-state index in [-0.39, 0.29) is 16.4 Å². The summed E-state index contributed by atoms with van der Waals surface area (Å²) >= 11 is 12.3. The first-order valence-corrected chi connectivity index (χ1v) is 11.4. The van der Waals surface area contributed by atoms with Crippen molar-refractivity contribution in [1.29, 1.82) is 0 Å². The van der Waals surface area contributed by atoms with Gasteiger partial charge in [0.05, 0.1) is 28.8 Å². The van der Waals surface area contributed by atoms with Crippen LogP contribution in [0.15, 0.2) is 60.2 Å². The van der Waals surface area contributed by atoms with Crippen LogP contribution in [0.3, 0.4) is 0 Å². The van der Waals surface area contributed by atoms with E-state index in [0.29, 0.717) is 27.6 Å². The summed E-state index contributed by atoms with van der Waals surface area (Å²) in [7, 11) is 1.57. The predicted molar refractivity (Wildman–Crippen MR) is 135 cm³/mol. The van der Waals surface area contributed by atoms with Gasteiger partial charge in [-0.2, -0.15) is 0 Å². The van der Waals surface area contributed by atoms with Crippen LogP contribution in [0.25, 0.3) is 5.76 Å². The van der Waals surface area contributed by atoms with E-state index in [1.54, 1.807) is 37.4 Å². The fourth-order valence-electron chi connectivity index (χ4n) is 4.33. The van der Waals surface area contributed by atoms with Crippen molar-refractivity contribution in [2.45, 2.75) is 26.8 Å². The minimum atomic E-state index is -0.847. The zero-order chi connectivity index (χ0) is 24.7. The molecule has 1 unspecified atom stereocenters. The van der Waals surface area contributed by atoms with Crippen molar-refractivity contribution >= 4 is 46.3 Å². The molecular formula is C27H23Cl2NO4. The monoisotopic (exact) mass is 495 g/mol. The summed E-state index contributed by atoms with van der Waals surface area (Å²) < 4.78 is 5.38. The van der Waals surface area contributed by atoms with Crippen LogP contribution in [-0.2, 0) is 9.59 Å². The maximum absolute atomic E-state index is 13.4. The molecule has 1 atom stereocenters. The fraction of sp³-hybridized carbons (Fsp3) is 0.185. The van der Waals surface area contributed by atoms with Gasteiger partial charge in [-0.15, -0.1) is 0 Å². The Morgan fingerprint density at radius 2 is 1.62 bits per heavy atom. The van der Waals surface area contributed by atoms with Crippen LogP contribution in [0, 0.1) is 20.8 Å². The Bertz CT molecular complexity index is 1360. The summed E-state index contributed by atoms with van der Waals surface area (Å²) in [6.07, 6.45) is 0. The Morgan fingerprint density at radius 3 is 2.26 bits per heavy atom. The number of aliphatic hydroxyl groups excluding tert-OH is 1. The van der Waals surface area contributed by atoms with E-state index in [2.05, 4.69) is 0 Å². The summed E-state index contributed by atoms with van der Waals surface area (Å²) in [4.78, 5) is 28.1. The maximum Gasteiger partial charge on any atom is 0.300 e. The van der Waals surface area contributed by atoms with Crippen LogP contribution >= 0.6 is 23.2 Å². The van der Waals surface area contributed by atoms with Crippen LogP contribution in [0.1, 0.15) is 33.9 Å². The summed E-state index contributed by atoms with van der Waals surface area (Å²) in [5.74, 6) is -1.10. The summed E-state index contributed by atoms with van der Waals surface area (Å²) in [5, 5.41) is 12.0. The smallest absolute Gasteiger partial charge is 0.300 e. The molecule has 5 nitrogen and oxygen atoms in total. The standard InChI is InChI=1S/C27H23Cl2NO4/c1-14-7-5-6-8-18(14)24-23(25(31)19-11-16(3)22(34-4)12-15(19)2)26(32)27(33)30(24)17-9-10-20(28)21(29)13-17/h5-13,24,31H,1-4H3/b25-23+. The van der Waals surface area contributed by atoms with E-state index in [9.17, 15) is 14.7 Å². The predicted octanol–water partition coefficient (Wildman–Crippen LogP) is 6.55. The lowest BCUT2D eigenvalue weighted by atomic mass is 9.91. The van der Waals surface area contributed by atoms with Crippen molar-refractivity contribution in [3.63, 3.8) is 0 Å². The average molecular weight is 496 g/mol. The van der Waals surface area contributed by atoms with E-state index < -0.39 is 17.7 Å². The molecule has 0 bridgehead atoms. The molecule has 3 aromatic rings. The molecule has 1 aliphatic heterocycles. The minimum absolute atomic E-state index is 0.0121. The first-order chi connectivity index (χ1) is 16.1.